The van der Waals surface area contributed by atoms with E-state index in [1.807, 2.05) is 11.8 Å². The van der Waals surface area contributed by atoms with Gasteiger partial charge in [0.2, 0.25) is 0 Å². The van der Waals surface area contributed by atoms with E-state index in [0.29, 0.717) is 11.3 Å². The lowest BCUT2D eigenvalue weighted by atomic mass is 10.2. The molecule has 0 spiro atoms. The number of nitrogens with one attached hydrogen (secondary N) is 1. The highest BCUT2D eigenvalue weighted by molar-refractivity contribution is 9.10. The Hall–Kier alpha value is -0.0300. The fourth-order valence-electron chi connectivity index (χ4n) is 1.56. The quantitative estimate of drug-likeness (QED) is 0.745. The van der Waals surface area contributed by atoms with Crippen LogP contribution in [-0.2, 0) is 6.54 Å². The number of hydrogen-bond acceptors (Lipinski definition) is 3. The molecule has 0 amide bonds. The lowest BCUT2D eigenvalue weighted by Gasteiger charge is -2.15. The summed E-state index contributed by atoms with van der Waals surface area (Å²) in [5.41, 5.74) is 1.32. The van der Waals surface area contributed by atoms with Crippen molar-refractivity contribution < 1.29 is 5.11 Å². The fraction of sp³-hybridized carbons (Fsp3) is 0.571. The third kappa shape index (κ3) is 5.74. The molecule has 1 atom stereocenters. The van der Waals surface area contributed by atoms with Gasteiger partial charge in [-0.1, -0.05) is 42.8 Å². The van der Waals surface area contributed by atoms with Crippen LogP contribution >= 0.6 is 27.7 Å². The molecule has 0 radical (unpaired) electrons. The second-order valence-corrected chi connectivity index (χ2v) is 7.12. The van der Waals surface area contributed by atoms with Crippen LogP contribution in [0.15, 0.2) is 27.6 Å². The smallest absolute Gasteiger partial charge is 0.0441 e. The maximum absolute atomic E-state index is 8.98. The summed E-state index contributed by atoms with van der Waals surface area (Å²) in [5.74, 6) is 0. The molecule has 0 aliphatic rings. The van der Waals surface area contributed by atoms with Gasteiger partial charge in [-0.3, -0.25) is 0 Å². The molecule has 102 valence electrons. The van der Waals surface area contributed by atoms with Crippen molar-refractivity contribution in [2.75, 3.05) is 6.61 Å². The van der Waals surface area contributed by atoms with E-state index in [1.54, 1.807) is 0 Å². The van der Waals surface area contributed by atoms with E-state index in [-0.39, 0.29) is 6.61 Å². The Morgan fingerprint density at radius 2 is 2.06 bits per heavy atom. The summed E-state index contributed by atoms with van der Waals surface area (Å²) in [4.78, 5) is 1.29. The van der Waals surface area contributed by atoms with Gasteiger partial charge < -0.3 is 10.4 Å². The predicted octanol–water partition coefficient (Wildman–Crippen LogP) is 3.81. The topological polar surface area (TPSA) is 32.3 Å². The normalized spacial score (nSPS) is 13.0. The monoisotopic (exact) mass is 331 g/mol. The molecule has 1 unspecified atom stereocenters. The zero-order valence-corrected chi connectivity index (χ0v) is 13.6. The second-order valence-electron chi connectivity index (χ2n) is 4.73. The van der Waals surface area contributed by atoms with E-state index in [0.717, 1.165) is 17.4 Å². The highest BCUT2D eigenvalue weighted by Crippen LogP contribution is 2.31. The van der Waals surface area contributed by atoms with Gasteiger partial charge in [-0.15, -0.1) is 11.8 Å². The first-order valence-electron chi connectivity index (χ1n) is 6.32. The third-order valence-electron chi connectivity index (χ3n) is 2.59. The molecule has 0 bridgehead atoms. The lowest BCUT2D eigenvalue weighted by Crippen LogP contribution is -2.22. The average molecular weight is 332 g/mol. The van der Waals surface area contributed by atoms with Crippen LogP contribution in [0.3, 0.4) is 0 Å². The van der Waals surface area contributed by atoms with Crippen LogP contribution in [0.4, 0.5) is 0 Å². The Morgan fingerprint density at radius 1 is 1.33 bits per heavy atom. The molecule has 2 N–H and O–H groups in total. The third-order valence-corrected chi connectivity index (χ3v) is 4.36. The van der Waals surface area contributed by atoms with Crippen molar-refractivity contribution in [3.8, 4) is 0 Å². The number of hydrogen-bond donors (Lipinski definition) is 2. The van der Waals surface area contributed by atoms with Gasteiger partial charge in [0.05, 0.1) is 0 Å². The van der Waals surface area contributed by atoms with E-state index in [1.165, 1.54) is 10.5 Å². The molecule has 2 nitrogen and oxygen atoms in total. The number of aliphatic hydroxyl groups excluding tert-OH is 1. The number of rotatable bonds is 7. The minimum atomic E-state index is 0.252. The van der Waals surface area contributed by atoms with Gasteiger partial charge >= 0.3 is 0 Å². The zero-order valence-electron chi connectivity index (χ0n) is 11.2. The van der Waals surface area contributed by atoms with Gasteiger partial charge in [0, 0.05) is 33.8 Å². The van der Waals surface area contributed by atoms with Crippen molar-refractivity contribution in [3.05, 3.63) is 28.2 Å². The van der Waals surface area contributed by atoms with Crippen LogP contribution in [0.2, 0.25) is 0 Å². The summed E-state index contributed by atoms with van der Waals surface area (Å²) in [6, 6.07) is 6.89. The van der Waals surface area contributed by atoms with Gasteiger partial charge in [0.1, 0.15) is 0 Å². The molecule has 0 aliphatic carbocycles. The summed E-state index contributed by atoms with van der Waals surface area (Å²) in [6.07, 6.45) is 0.828. The largest absolute Gasteiger partial charge is 0.396 e. The molecule has 1 aromatic rings. The lowest BCUT2D eigenvalue weighted by molar-refractivity contribution is 0.289. The molecule has 18 heavy (non-hydrogen) atoms. The number of benzene rings is 1. The van der Waals surface area contributed by atoms with Crippen molar-refractivity contribution in [2.24, 2.45) is 0 Å². The fourth-order valence-corrected chi connectivity index (χ4v) is 3.21. The van der Waals surface area contributed by atoms with Crippen LogP contribution < -0.4 is 5.32 Å². The zero-order chi connectivity index (χ0) is 13.5. The first-order chi connectivity index (χ1) is 8.52. The van der Waals surface area contributed by atoms with Crippen LogP contribution in [0.25, 0.3) is 0 Å². The molecular formula is C14H22BrNOS. The van der Waals surface area contributed by atoms with E-state index < -0.39 is 0 Å². The summed E-state index contributed by atoms with van der Waals surface area (Å²) >= 11 is 5.35. The molecule has 0 aliphatic heterocycles. The molecule has 1 rings (SSSR count). The molecule has 0 saturated carbocycles. The van der Waals surface area contributed by atoms with Crippen molar-refractivity contribution in [2.45, 2.75) is 49.9 Å². The molecular weight excluding hydrogens is 310 g/mol. The average Bonchev–Trinajstić information content (AvgIpc) is 2.28. The Balaban J connectivity index is 2.76. The Morgan fingerprint density at radius 3 is 2.67 bits per heavy atom. The van der Waals surface area contributed by atoms with Gasteiger partial charge in [-0.25, -0.2) is 0 Å². The number of thioether (sulfide) groups is 1. The van der Waals surface area contributed by atoms with E-state index in [4.69, 9.17) is 5.11 Å². The highest BCUT2D eigenvalue weighted by Gasteiger charge is 2.09. The second kappa shape index (κ2) is 8.20. The Kier molecular flexibility index (Phi) is 7.30. The van der Waals surface area contributed by atoms with Gasteiger partial charge in [-0.2, -0.15) is 0 Å². The van der Waals surface area contributed by atoms with Crippen molar-refractivity contribution in [1.82, 2.24) is 5.32 Å². The van der Waals surface area contributed by atoms with E-state index >= 15 is 0 Å². The minimum Gasteiger partial charge on any atom is -0.396 e. The minimum absolute atomic E-state index is 0.252. The van der Waals surface area contributed by atoms with Crippen LogP contribution in [0.5, 0.6) is 0 Å². The first kappa shape index (κ1) is 16.0. The molecule has 4 heteroatoms. The number of halogens is 1. The maximum Gasteiger partial charge on any atom is 0.0441 e. The summed E-state index contributed by atoms with van der Waals surface area (Å²) in [6.45, 7) is 7.60. The van der Waals surface area contributed by atoms with Crippen molar-refractivity contribution >= 4 is 27.7 Å². The number of aliphatic hydroxyl groups is 1. The van der Waals surface area contributed by atoms with E-state index in [2.05, 4.69) is 60.2 Å². The first-order valence-corrected chi connectivity index (χ1v) is 7.99. The van der Waals surface area contributed by atoms with Crippen molar-refractivity contribution in [3.63, 3.8) is 0 Å². The van der Waals surface area contributed by atoms with Crippen LogP contribution in [0, 0.1) is 0 Å². The van der Waals surface area contributed by atoms with E-state index in [9.17, 15) is 0 Å². The molecule has 0 saturated heterocycles. The van der Waals surface area contributed by atoms with Gasteiger partial charge in [0.25, 0.3) is 0 Å². The summed E-state index contributed by atoms with van der Waals surface area (Å²) in [5, 5.41) is 12.9. The molecule has 0 heterocycles. The molecule has 1 aromatic carbocycles. The van der Waals surface area contributed by atoms with Crippen LogP contribution in [0.1, 0.15) is 32.8 Å². The highest BCUT2D eigenvalue weighted by atomic mass is 79.9. The molecule has 0 aromatic heterocycles. The summed E-state index contributed by atoms with van der Waals surface area (Å²) in [7, 11) is 0. The Labute approximate surface area is 123 Å². The Bertz CT molecular complexity index is 371. The predicted molar refractivity (Wildman–Crippen MR) is 83.1 cm³/mol. The standard InChI is InChI=1S/C14H22BrNOS/c1-10(2)16-9-12-4-5-13(15)8-14(12)18-11(3)6-7-17/h4-5,8,10-11,16-17H,6-7,9H2,1-3H3. The van der Waals surface area contributed by atoms with Gasteiger partial charge in [0.15, 0.2) is 0 Å². The maximum atomic E-state index is 8.98. The molecule has 0 fully saturated rings. The van der Waals surface area contributed by atoms with Crippen molar-refractivity contribution in [1.29, 1.82) is 0 Å². The SMILES string of the molecule is CC(C)NCc1ccc(Br)cc1SC(C)CCO. The van der Waals surface area contributed by atoms with Crippen LogP contribution in [-0.4, -0.2) is 23.0 Å². The summed E-state index contributed by atoms with van der Waals surface area (Å²) < 4.78 is 1.11. The van der Waals surface area contributed by atoms with Gasteiger partial charge in [-0.05, 0) is 24.1 Å².